The third kappa shape index (κ3) is 2.80. The molecule has 6 nitrogen and oxygen atoms in total. The van der Waals surface area contributed by atoms with E-state index in [-0.39, 0.29) is 16.6 Å². The number of hydrogen-bond donors (Lipinski definition) is 0. The molecular weight excluding hydrogens is 349 g/mol. The van der Waals surface area contributed by atoms with Gasteiger partial charge in [0, 0.05) is 0 Å². The van der Waals surface area contributed by atoms with Crippen LogP contribution in [0, 0.1) is 18.3 Å². The van der Waals surface area contributed by atoms with Crippen LogP contribution < -0.4 is 5.56 Å². The molecule has 0 N–H and O–H groups in total. The molecule has 1 aromatic carbocycles. The fraction of sp³-hybridized carbons (Fsp3) is 0.125. The minimum Gasteiger partial charge on any atom is -0.266 e. The molecule has 0 spiro atoms. The van der Waals surface area contributed by atoms with Crippen LogP contribution in [0.15, 0.2) is 41.3 Å². The highest BCUT2D eigenvalue weighted by molar-refractivity contribution is 6.41. The maximum absolute atomic E-state index is 12.2. The minimum absolute atomic E-state index is 0.0500. The van der Waals surface area contributed by atoms with Crippen LogP contribution in [0.3, 0.4) is 0 Å². The molecule has 0 amide bonds. The van der Waals surface area contributed by atoms with Crippen molar-refractivity contribution in [1.29, 1.82) is 5.26 Å². The largest absolute Gasteiger partial charge is 0.287 e. The average Bonchev–Trinajstić information content (AvgIpc) is 2.91. The van der Waals surface area contributed by atoms with Crippen LogP contribution in [0.2, 0.25) is 10.0 Å². The van der Waals surface area contributed by atoms with Gasteiger partial charge in [0.15, 0.2) is 0 Å². The lowest BCUT2D eigenvalue weighted by atomic mass is 10.2. The Morgan fingerprint density at radius 3 is 2.62 bits per heavy atom. The van der Waals surface area contributed by atoms with Crippen molar-refractivity contribution in [2.45, 2.75) is 13.5 Å². The second kappa shape index (κ2) is 6.48. The number of aromatic nitrogens is 4. The van der Waals surface area contributed by atoms with Crippen LogP contribution in [0.5, 0.6) is 0 Å². The molecule has 0 aliphatic carbocycles. The van der Waals surface area contributed by atoms with Crippen molar-refractivity contribution >= 4 is 23.2 Å². The lowest BCUT2D eigenvalue weighted by Crippen LogP contribution is -2.25. The number of benzene rings is 1. The van der Waals surface area contributed by atoms with E-state index in [1.165, 1.54) is 6.20 Å². The summed E-state index contributed by atoms with van der Waals surface area (Å²) in [6, 6.07) is 11.5. The van der Waals surface area contributed by atoms with E-state index in [0.717, 1.165) is 10.4 Å². The molecule has 0 radical (unpaired) electrons. The van der Waals surface area contributed by atoms with Gasteiger partial charge < -0.3 is 0 Å². The molecule has 0 unspecified atom stereocenters. The summed E-state index contributed by atoms with van der Waals surface area (Å²) in [4.78, 5) is 12.2. The van der Waals surface area contributed by atoms with Crippen LogP contribution in [0.1, 0.15) is 17.0 Å². The van der Waals surface area contributed by atoms with Gasteiger partial charge in [0.2, 0.25) is 0 Å². The summed E-state index contributed by atoms with van der Waals surface area (Å²) in [6.07, 6.45) is 1.30. The summed E-state index contributed by atoms with van der Waals surface area (Å²) >= 11 is 11.7. The molecule has 8 heteroatoms. The number of rotatable bonds is 3. The summed E-state index contributed by atoms with van der Waals surface area (Å²) in [7, 11) is 0. The molecule has 120 valence electrons. The monoisotopic (exact) mass is 359 g/mol. The molecule has 0 aliphatic rings. The van der Waals surface area contributed by atoms with Crippen molar-refractivity contribution in [2.24, 2.45) is 0 Å². The Kier molecular flexibility index (Phi) is 4.38. The Hall–Kier alpha value is -2.62. The van der Waals surface area contributed by atoms with E-state index in [1.807, 2.05) is 30.3 Å². The van der Waals surface area contributed by atoms with E-state index >= 15 is 0 Å². The Balaban J connectivity index is 2.16. The van der Waals surface area contributed by atoms with E-state index < -0.39 is 5.56 Å². The van der Waals surface area contributed by atoms with Gasteiger partial charge in [-0.25, -0.2) is 9.36 Å². The summed E-state index contributed by atoms with van der Waals surface area (Å²) < 4.78 is 2.79. The predicted octanol–water partition coefficient (Wildman–Crippen LogP) is 2.96. The molecule has 24 heavy (non-hydrogen) atoms. The Bertz CT molecular complexity index is 1000. The summed E-state index contributed by atoms with van der Waals surface area (Å²) in [6.45, 7) is 1.79. The molecular formula is C16H11Cl2N5O. The van der Waals surface area contributed by atoms with Gasteiger partial charge in [-0.2, -0.15) is 15.5 Å². The lowest BCUT2D eigenvalue weighted by Gasteiger charge is -2.09. The van der Waals surface area contributed by atoms with Crippen molar-refractivity contribution < 1.29 is 0 Å². The van der Waals surface area contributed by atoms with Crippen molar-refractivity contribution in [2.75, 3.05) is 0 Å². The number of para-hydroxylation sites is 1. The van der Waals surface area contributed by atoms with E-state index in [0.29, 0.717) is 17.0 Å². The van der Waals surface area contributed by atoms with E-state index in [4.69, 9.17) is 23.2 Å². The highest BCUT2D eigenvalue weighted by Gasteiger charge is 2.18. The van der Waals surface area contributed by atoms with Crippen molar-refractivity contribution in [1.82, 2.24) is 19.6 Å². The van der Waals surface area contributed by atoms with Gasteiger partial charge in [-0.05, 0) is 19.1 Å². The number of halogens is 2. The minimum atomic E-state index is -0.522. The van der Waals surface area contributed by atoms with Crippen molar-refractivity contribution in [3.05, 3.63) is 73.9 Å². The normalized spacial score (nSPS) is 10.6. The first-order valence-electron chi connectivity index (χ1n) is 6.98. The summed E-state index contributed by atoms with van der Waals surface area (Å²) in [5.74, 6) is 0. The maximum atomic E-state index is 12.2. The van der Waals surface area contributed by atoms with Gasteiger partial charge in [-0.3, -0.25) is 4.79 Å². The molecule has 0 saturated heterocycles. The molecule has 0 aliphatic heterocycles. The predicted molar refractivity (Wildman–Crippen MR) is 90.6 cm³/mol. The molecule has 0 atom stereocenters. The van der Waals surface area contributed by atoms with Crippen LogP contribution in [-0.2, 0) is 6.54 Å². The molecule has 3 rings (SSSR count). The quantitative estimate of drug-likeness (QED) is 0.720. The number of hydrogen-bond acceptors (Lipinski definition) is 4. The molecule has 2 aromatic heterocycles. The van der Waals surface area contributed by atoms with Gasteiger partial charge >= 0.3 is 0 Å². The van der Waals surface area contributed by atoms with Crippen LogP contribution >= 0.6 is 23.2 Å². The highest BCUT2D eigenvalue weighted by Crippen LogP contribution is 2.20. The standard InChI is InChI=1S/C16H11Cl2N5O/c1-10-12(7-19)14(23(21-10)11-5-3-2-4-6-11)9-22-16(24)15(18)13(17)8-20-22/h2-6,8H,9H2,1H3. The van der Waals surface area contributed by atoms with Crippen LogP contribution in [0.4, 0.5) is 0 Å². The third-order valence-corrected chi connectivity index (χ3v) is 4.26. The van der Waals surface area contributed by atoms with Gasteiger partial charge in [-0.1, -0.05) is 41.4 Å². The van der Waals surface area contributed by atoms with Crippen molar-refractivity contribution in [3.8, 4) is 11.8 Å². The molecule has 0 bridgehead atoms. The van der Waals surface area contributed by atoms with Crippen LogP contribution in [0.25, 0.3) is 5.69 Å². The Labute approximate surface area is 147 Å². The molecule has 0 fully saturated rings. The fourth-order valence-corrected chi connectivity index (χ4v) is 2.62. The number of nitriles is 1. The lowest BCUT2D eigenvalue weighted by molar-refractivity contribution is 0.609. The zero-order valence-corrected chi connectivity index (χ0v) is 14.1. The van der Waals surface area contributed by atoms with Gasteiger partial charge in [0.1, 0.15) is 11.1 Å². The average molecular weight is 360 g/mol. The van der Waals surface area contributed by atoms with E-state index in [9.17, 15) is 10.1 Å². The fourth-order valence-electron chi connectivity index (χ4n) is 2.35. The maximum Gasteiger partial charge on any atom is 0.287 e. The van der Waals surface area contributed by atoms with Crippen molar-refractivity contribution in [3.63, 3.8) is 0 Å². The first kappa shape index (κ1) is 16.2. The number of nitrogens with zero attached hydrogens (tertiary/aromatic N) is 5. The number of aryl methyl sites for hydroxylation is 1. The third-order valence-electron chi connectivity index (χ3n) is 3.51. The Morgan fingerprint density at radius 2 is 1.96 bits per heavy atom. The zero-order chi connectivity index (χ0) is 17.3. The summed E-state index contributed by atoms with van der Waals surface area (Å²) in [5, 5.41) is 17.8. The second-order valence-electron chi connectivity index (χ2n) is 5.04. The van der Waals surface area contributed by atoms with Gasteiger partial charge in [0.05, 0.1) is 40.4 Å². The highest BCUT2D eigenvalue weighted by atomic mass is 35.5. The molecule has 0 saturated carbocycles. The van der Waals surface area contributed by atoms with Crippen LogP contribution in [-0.4, -0.2) is 19.6 Å². The Morgan fingerprint density at radius 1 is 1.25 bits per heavy atom. The molecule has 3 aromatic rings. The molecule has 2 heterocycles. The topological polar surface area (TPSA) is 76.5 Å². The second-order valence-corrected chi connectivity index (χ2v) is 5.82. The summed E-state index contributed by atoms with van der Waals surface area (Å²) in [5.41, 5.74) is 1.79. The zero-order valence-electron chi connectivity index (χ0n) is 12.6. The smallest absolute Gasteiger partial charge is 0.266 e. The first-order chi connectivity index (χ1) is 11.5. The van der Waals surface area contributed by atoms with Gasteiger partial charge in [0.25, 0.3) is 5.56 Å². The SMILES string of the molecule is Cc1nn(-c2ccccc2)c(Cn2ncc(Cl)c(Cl)c2=O)c1C#N. The van der Waals surface area contributed by atoms with Gasteiger partial charge in [-0.15, -0.1) is 0 Å². The van der Waals surface area contributed by atoms with E-state index in [1.54, 1.807) is 11.6 Å². The first-order valence-corrected chi connectivity index (χ1v) is 7.73. The van der Waals surface area contributed by atoms with E-state index in [2.05, 4.69) is 16.3 Å².